The van der Waals surface area contributed by atoms with Crippen LogP contribution < -0.4 is 15.8 Å². The second-order valence-electron chi connectivity index (χ2n) is 7.68. The molecule has 0 saturated heterocycles. The highest BCUT2D eigenvalue weighted by atomic mass is 16.5. The molecule has 4 unspecified atom stereocenters. The van der Waals surface area contributed by atoms with Crippen molar-refractivity contribution in [1.82, 2.24) is 0 Å². The van der Waals surface area contributed by atoms with E-state index in [2.05, 4.69) is 5.32 Å². The maximum atomic E-state index is 12.7. The van der Waals surface area contributed by atoms with Crippen LogP contribution in [0.1, 0.15) is 30.4 Å². The summed E-state index contributed by atoms with van der Waals surface area (Å²) in [6, 6.07) is 15.9. The first kappa shape index (κ1) is 17.1. The van der Waals surface area contributed by atoms with E-state index < -0.39 is 0 Å². The zero-order valence-electron chi connectivity index (χ0n) is 15.2. The zero-order chi connectivity index (χ0) is 18.1. The van der Waals surface area contributed by atoms with Gasteiger partial charge in [-0.2, -0.15) is 0 Å². The lowest BCUT2D eigenvalue weighted by molar-refractivity contribution is -0.121. The largest absolute Gasteiger partial charge is 0.489 e. The van der Waals surface area contributed by atoms with Crippen molar-refractivity contribution in [2.45, 2.75) is 38.8 Å². The number of rotatable bonds is 5. The normalized spacial score (nSPS) is 26.7. The molecule has 2 aliphatic rings. The van der Waals surface area contributed by atoms with Crippen LogP contribution in [0, 0.1) is 24.7 Å². The second kappa shape index (κ2) is 7.12. The first-order chi connectivity index (χ1) is 12.6. The molecule has 2 aromatic rings. The van der Waals surface area contributed by atoms with Gasteiger partial charge in [-0.1, -0.05) is 30.3 Å². The molecule has 2 aliphatic carbocycles. The summed E-state index contributed by atoms with van der Waals surface area (Å²) in [5.41, 5.74) is 9.27. The van der Waals surface area contributed by atoms with Gasteiger partial charge in [0.05, 0.1) is 5.92 Å². The van der Waals surface area contributed by atoms with Gasteiger partial charge in [-0.3, -0.25) is 4.79 Å². The number of fused-ring (bicyclic) bond motifs is 2. The lowest BCUT2D eigenvalue weighted by Gasteiger charge is -2.27. The van der Waals surface area contributed by atoms with Crippen LogP contribution in [0.3, 0.4) is 0 Å². The summed E-state index contributed by atoms with van der Waals surface area (Å²) in [7, 11) is 0. The zero-order valence-corrected chi connectivity index (χ0v) is 15.2. The Morgan fingerprint density at radius 3 is 2.62 bits per heavy atom. The lowest BCUT2D eigenvalue weighted by atomic mass is 9.84. The van der Waals surface area contributed by atoms with Crippen LogP contribution >= 0.6 is 0 Å². The Hall–Kier alpha value is -2.33. The summed E-state index contributed by atoms with van der Waals surface area (Å²) >= 11 is 0. The fourth-order valence-corrected chi connectivity index (χ4v) is 4.55. The number of amides is 1. The molecule has 2 saturated carbocycles. The Morgan fingerprint density at radius 1 is 1.15 bits per heavy atom. The van der Waals surface area contributed by atoms with Crippen molar-refractivity contribution < 1.29 is 9.53 Å². The summed E-state index contributed by atoms with van der Waals surface area (Å²) in [5.74, 6) is 1.84. The number of aryl methyl sites for hydroxylation is 1. The van der Waals surface area contributed by atoms with E-state index in [-0.39, 0.29) is 17.9 Å². The lowest BCUT2D eigenvalue weighted by Crippen LogP contribution is -2.42. The molecule has 0 aliphatic heterocycles. The minimum absolute atomic E-state index is 0.0162. The minimum Gasteiger partial charge on any atom is -0.489 e. The topological polar surface area (TPSA) is 64.3 Å². The van der Waals surface area contributed by atoms with Crippen molar-refractivity contribution in [3.63, 3.8) is 0 Å². The number of ether oxygens (including phenoxy) is 1. The van der Waals surface area contributed by atoms with Crippen molar-refractivity contribution in [1.29, 1.82) is 0 Å². The van der Waals surface area contributed by atoms with Gasteiger partial charge < -0.3 is 15.8 Å². The first-order valence-electron chi connectivity index (χ1n) is 9.45. The maximum Gasteiger partial charge on any atom is 0.229 e. The van der Waals surface area contributed by atoms with Crippen molar-refractivity contribution in [3.8, 4) is 5.75 Å². The van der Waals surface area contributed by atoms with Gasteiger partial charge >= 0.3 is 0 Å². The molecule has 4 atom stereocenters. The van der Waals surface area contributed by atoms with Gasteiger partial charge in [-0.15, -0.1) is 0 Å². The SMILES string of the molecule is Cc1cc(OCc2ccccc2)ccc1NC(=O)C1C2CCC(C2)C1N. The van der Waals surface area contributed by atoms with Crippen LogP contribution in [0.5, 0.6) is 5.75 Å². The van der Waals surface area contributed by atoms with E-state index >= 15 is 0 Å². The van der Waals surface area contributed by atoms with Crippen LogP contribution in [-0.4, -0.2) is 11.9 Å². The van der Waals surface area contributed by atoms with Crippen LogP contribution in [0.4, 0.5) is 5.69 Å². The van der Waals surface area contributed by atoms with Gasteiger partial charge in [-0.25, -0.2) is 0 Å². The van der Waals surface area contributed by atoms with E-state index in [0.717, 1.165) is 35.4 Å². The number of carbonyl (C=O) groups excluding carboxylic acids is 1. The van der Waals surface area contributed by atoms with Gasteiger partial charge in [0.1, 0.15) is 12.4 Å². The van der Waals surface area contributed by atoms with Gasteiger partial charge in [0, 0.05) is 11.7 Å². The van der Waals surface area contributed by atoms with Crippen LogP contribution in [0.15, 0.2) is 48.5 Å². The summed E-state index contributed by atoms with van der Waals surface area (Å²) < 4.78 is 5.86. The fourth-order valence-electron chi connectivity index (χ4n) is 4.55. The van der Waals surface area contributed by atoms with E-state index in [0.29, 0.717) is 18.4 Å². The van der Waals surface area contributed by atoms with Crippen LogP contribution in [-0.2, 0) is 11.4 Å². The number of nitrogens with one attached hydrogen (secondary N) is 1. The van der Waals surface area contributed by atoms with Crippen LogP contribution in [0.2, 0.25) is 0 Å². The highest BCUT2D eigenvalue weighted by Crippen LogP contribution is 2.48. The Morgan fingerprint density at radius 2 is 1.92 bits per heavy atom. The molecule has 0 radical (unpaired) electrons. The molecule has 26 heavy (non-hydrogen) atoms. The molecule has 4 rings (SSSR count). The summed E-state index contributed by atoms with van der Waals surface area (Å²) in [4.78, 5) is 12.7. The molecule has 3 N–H and O–H groups in total. The molecule has 0 heterocycles. The highest BCUT2D eigenvalue weighted by molar-refractivity contribution is 5.94. The first-order valence-corrected chi connectivity index (χ1v) is 9.45. The average Bonchev–Trinajstić information content (AvgIpc) is 3.24. The molecule has 0 aromatic heterocycles. The van der Waals surface area contributed by atoms with Gasteiger partial charge in [0.2, 0.25) is 5.91 Å². The number of hydrogen-bond donors (Lipinski definition) is 2. The Kier molecular flexibility index (Phi) is 4.68. The van der Waals surface area contributed by atoms with E-state index in [1.54, 1.807) is 0 Å². The average molecular weight is 350 g/mol. The van der Waals surface area contributed by atoms with Gasteiger partial charge in [0.15, 0.2) is 0 Å². The third kappa shape index (κ3) is 3.34. The van der Waals surface area contributed by atoms with E-state index in [4.69, 9.17) is 10.5 Å². The molecule has 136 valence electrons. The maximum absolute atomic E-state index is 12.7. The van der Waals surface area contributed by atoms with E-state index in [9.17, 15) is 4.79 Å². The van der Waals surface area contributed by atoms with Gasteiger partial charge in [0.25, 0.3) is 0 Å². The minimum atomic E-state index is -0.0397. The highest BCUT2D eigenvalue weighted by Gasteiger charge is 2.49. The third-order valence-electron chi connectivity index (χ3n) is 5.99. The number of benzene rings is 2. The number of carbonyl (C=O) groups is 1. The number of hydrogen-bond acceptors (Lipinski definition) is 3. The van der Waals surface area contributed by atoms with E-state index in [1.807, 2.05) is 55.5 Å². The number of anilines is 1. The van der Waals surface area contributed by atoms with Crippen molar-refractivity contribution >= 4 is 11.6 Å². The molecular weight excluding hydrogens is 324 g/mol. The fraction of sp³-hybridized carbons (Fsp3) is 0.409. The molecular formula is C22H26N2O2. The predicted octanol–water partition coefficient (Wildman–Crippen LogP) is 3.89. The molecule has 2 aromatic carbocycles. The quantitative estimate of drug-likeness (QED) is 0.860. The molecule has 4 heteroatoms. The van der Waals surface area contributed by atoms with Crippen molar-refractivity contribution in [3.05, 3.63) is 59.7 Å². The Labute approximate surface area is 154 Å². The third-order valence-corrected chi connectivity index (χ3v) is 5.99. The summed E-state index contributed by atoms with van der Waals surface area (Å²) in [6.45, 7) is 2.53. The monoisotopic (exact) mass is 350 g/mol. The second-order valence-corrected chi connectivity index (χ2v) is 7.68. The summed E-state index contributed by atoms with van der Waals surface area (Å²) in [5, 5.41) is 3.09. The van der Waals surface area contributed by atoms with Gasteiger partial charge in [-0.05, 0) is 67.3 Å². The summed E-state index contributed by atoms with van der Waals surface area (Å²) in [6.07, 6.45) is 3.44. The number of nitrogens with two attached hydrogens (primary N) is 1. The molecule has 2 bridgehead atoms. The molecule has 1 amide bonds. The molecule has 2 fully saturated rings. The molecule has 4 nitrogen and oxygen atoms in total. The van der Waals surface area contributed by atoms with Crippen molar-refractivity contribution in [2.24, 2.45) is 23.5 Å². The molecule has 0 spiro atoms. The Bertz CT molecular complexity index is 788. The Balaban J connectivity index is 1.39. The smallest absolute Gasteiger partial charge is 0.229 e. The standard InChI is InChI=1S/C22H26N2O2/c1-14-11-18(26-13-15-5-3-2-4-6-15)9-10-19(14)24-22(25)20-16-7-8-17(12-16)21(20)23/h2-6,9-11,16-17,20-21H,7-8,12-13,23H2,1H3,(H,24,25). The van der Waals surface area contributed by atoms with Crippen LogP contribution in [0.25, 0.3) is 0 Å². The van der Waals surface area contributed by atoms with E-state index in [1.165, 1.54) is 6.42 Å². The predicted molar refractivity (Wildman–Crippen MR) is 103 cm³/mol. The van der Waals surface area contributed by atoms with Crippen molar-refractivity contribution in [2.75, 3.05) is 5.32 Å².